The number of amides is 2. The minimum Gasteiger partial charge on any atom is -0.343 e. The lowest BCUT2D eigenvalue weighted by atomic mass is 10.2. The van der Waals surface area contributed by atoms with Gasteiger partial charge in [-0.05, 0) is 48.9 Å². The van der Waals surface area contributed by atoms with Gasteiger partial charge >= 0.3 is 0 Å². The maximum atomic E-state index is 12.0. The van der Waals surface area contributed by atoms with Crippen molar-refractivity contribution < 1.29 is 9.59 Å². The van der Waals surface area contributed by atoms with Gasteiger partial charge in [-0.2, -0.15) is 0 Å². The first-order valence-electron chi connectivity index (χ1n) is 6.65. The summed E-state index contributed by atoms with van der Waals surface area (Å²) in [5.41, 5.74) is 1.91. The van der Waals surface area contributed by atoms with Gasteiger partial charge in [0.1, 0.15) is 0 Å². The van der Waals surface area contributed by atoms with Crippen molar-refractivity contribution in [3.05, 3.63) is 62.0 Å². The Morgan fingerprint density at radius 1 is 1.09 bits per heavy atom. The summed E-state index contributed by atoms with van der Waals surface area (Å²) in [5.74, 6) is -0.742. The van der Waals surface area contributed by atoms with Crippen LogP contribution in [0.15, 0.2) is 40.9 Å². The number of carbonyl (C=O) groups is 2. The van der Waals surface area contributed by atoms with Crippen LogP contribution in [-0.4, -0.2) is 18.4 Å². The molecule has 0 aliphatic heterocycles. The summed E-state index contributed by atoms with van der Waals surface area (Å²) in [6.45, 7) is 1.73. The van der Waals surface area contributed by atoms with Crippen molar-refractivity contribution in [2.75, 3.05) is 11.9 Å². The number of aryl methyl sites for hydroxylation is 1. The third-order valence-electron chi connectivity index (χ3n) is 3.00. The van der Waals surface area contributed by atoms with Crippen LogP contribution in [0.25, 0.3) is 0 Å². The van der Waals surface area contributed by atoms with Crippen LogP contribution < -0.4 is 10.6 Å². The van der Waals surface area contributed by atoms with E-state index >= 15 is 0 Å². The molecule has 2 rings (SSSR count). The van der Waals surface area contributed by atoms with Crippen molar-refractivity contribution in [3.8, 4) is 0 Å². The van der Waals surface area contributed by atoms with E-state index in [4.69, 9.17) is 23.2 Å². The van der Waals surface area contributed by atoms with Gasteiger partial charge in [-0.1, -0.05) is 39.1 Å². The van der Waals surface area contributed by atoms with Gasteiger partial charge < -0.3 is 10.6 Å². The van der Waals surface area contributed by atoms with E-state index in [0.29, 0.717) is 21.3 Å². The molecule has 0 unspecified atom stereocenters. The maximum Gasteiger partial charge on any atom is 0.251 e. The summed E-state index contributed by atoms with van der Waals surface area (Å²) in [6.07, 6.45) is 0. The number of rotatable bonds is 4. The topological polar surface area (TPSA) is 58.2 Å². The maximum absolute atomic E-state index is 12.0. The molecule has 23 heavy (non-hydrogen) atoms. The monoisotopic (exact) mass is 414 g/mol. The van der Waals surface area contributed by atoms with Crippen molar-refractivity contribution in [1.82, 2.24) is 5.32 Å². The molecule has 4 nitrogen and oxygen atoms in total. The first-order chi connectivity index (χ1) is 10.8. The standard InChI is InChI=1S/C16H13BrCl2N2O2/c1-9-4-11(17)2-3-14(9)21-15(22)8-20-16(23)10-5-12(18)7-13(19)6-10/h2-7H,8H2,1H3,(H,20,23)(H,21,22). The Morgan fingerprint density at radius 3 is 2.35 bits per heavy atom. The Bertz CT molecular complexity index is 745. The molecule has 0 spiro atoms. The molecule has 0 heterocycles. The van der Waals surface area contributed by atoms with Gasteiger partial charge in [0.15, 0.2) is 0 Å². The van der Waals surface area contributed by atoms with Gasteiger partial charge in [0.25, 0.3) is 5.91 Å². The number of carbonyl (C=O) groups excluding carboxylic acids is 2. The zero-order valence-electron chi connectivity index (χ0n) is 12.1. The molecule has 120 valence electrons. The Hall–Kier alpha value is -1.56. The smallest absolute Gasteiger partial charge is 0.251 e. The number of anilines is 1. The average Bonchev–Trinajstić information content (AvgIpc) is 2.46. The van der Waals surface area contributed by atoms with E-state index < -0.39 is 5.91 Å². The SMILES string of the molecule is Cc1cc(Br)ccc1NC(=O)CNC(=O)c1cc(Cl)cc(Cl)c1. The average molecular weight is 416 g/mol. The Morgan fingerprint density at radius 2 is 1.74 bits per heavy atom. The molecule has 2 amide bonds. The lowest BCUT2D eigenvalue weighted by molar-refractivity contribution is -0.115. The van der Waals surface area contributed by atoms with Crippen molar-refractivity contribution in [3.63, 3.8) is 0 Å². The predicted molar refractivity (Wildman–Crippen MR) is 96.3 cm³/mol. The van der Waals surface area contributed by atoms with E-state index in [-0.39, 0.29) is 12.5 Å². The normalized spacial score (nSPS) is 10.3. The van der Waals surface area contributed by atoms with Crippen molar-refractivity contribution in [1.29, 1.82) is 0 Å². The summed E-state index contributed by atoms with van der Waals surface area (Å²) >= 11 is 15.1. The summed E-state index contributed by atoms with van der Waals surface area (Å²) in [7, 11) is 0. The molecule has 0 aliphatic rings. The summed E-state index contributed by atoms with van der Waals surface area (Å²) < 4.78 is 0.930. The predicted octanol–water partition coefficient (Wildman–Crippen LogP) is 4.43. The molecule has 0 aliphatic carbocycles. The lowest BCUT2D eigenvalue weighted by Gasteiger charge is -2.10. The van der Waals surface area contributed by atoms with Gasteiger partial charge in [-0.25, -0.2) is 0 Å². The molecule has 0 radical (unpaired) electrons. The number of benzene rings is 2. The van der Waals surface area contributed by atoms with Crippen LogP contribution in [0.2, 0.25) is 10.0 Å². The van der Waals surface area contributed by atoms with Gasteiger partial charge in [-0.15, -0.1) is 0 Å². The van der Waals surface area contributed by atoms with Crippen LogP contribution in [0.1, 0.15) is 15.9 Å². The molecule has 0 atom stereocenters. The fourth-order valence-corrected chi connectivity index (χ4v) is 2.91. The number of halogens is 3. The van der Waals surface area contributed by atoms with Gasteiger partial charge in [0, 0.05) is 25.8 Å². The Labute approximate surface area is 152 Å². The van der Waals surface area contributed by atoms with Crippen LogP contribution in [0.5, 0.6) is 0 Å². The lowest BCUT2D eigenvalue weighted by Crippen LogP contribution is -2.33. The molecule has 0 saturated carbocycles. The van der Waals surface area contributed by atoms with E-state index in [1.165, 1.54) is 18.2 Å². The molecule has 2 aromatic rings. The van der Waals surface area contributed by atoms with Crippen LogP contribution in [0.3, 0.4) is 0 Å². The minimum atomic E-state index is -0.419. The van der Waals surface area contributed by atoms with Crippen molar-refractivity contribution in [2.45, 2.75) is 6.92 Å². The first-order valence-corrected chi connectivity index (χ1v) is 8.20. The highest BCUT2D eigenvalue weighted by Gasteiger charge is 2.10. The second-order valence-corrected chi connectivity index (χ2v) is 6.64. The van der Waals surface area contributed by atoms with Crippen LogP contribution >= 0.6 is 39.1 Å². The highest BCUT2D eigenvalue weighted by atomic mass is 79.9. The fraction of sp³-hybridized carbons (Fsp3) is 0.125. The second-order valence-electron chi connectivity index (χ2n) is 4.85. The number of hydrogen-bond acceptors (Lipinski definition) is 2. The second kappa shape index (κ2) is 7.81. The molecular formula is C16H13BrCl2N2O2. The molecule has 2 aromatic carbocycles. The quantitative estimate of drug-likeness (QED) is 0.775. The van der Waals surface area contributed by atoms with Crippen LogP contribution in [0, 0.1) is 6.92 Å². The van der Waals surface area contributed by atoms with Gasteiger partial charge in [-0.3, -0.25) is 9.59 Å². The van der Waals surface area contributed by atoms with Crippen LogP contribution in [0.4, 0.5) is 5.69 Å². The molecule has 0 aromatic heterocycles. The Kier molecular flexibility index (Phi) is 6.04. The van der Waals surface area contributed by atoms with Crippen molar-refractivity contribution in [2.24, 2.45) is 0 Å². The third kappa shape index (κ3) is 5.23. The Balaban J connectivity index is 1.94. The highest BCUT2D eigenvalue weighted by molar-refractivity contribution is 9.10. The van der Waals surface area contributed by atoms with Crippen molar-refractivity contribution >= 4 is 56.6 Å². The minimum absolute atomic E-state index is 0.154. The van der Waals surface area contributed by atoms with Crippen LogP contribution in [-0.2, 0) is 4.79 Å². The fourth-order valence-electron chi connectivity index (χ4n) is 1.91. The molecule has 0 bridgehead atoms. The summed E-state index contributed by atoms with van der Waals surface area (Å²) in [6, 6.07) is 10.0. The summed E-state index contributed by atoms with van der Waals surface area (Å²) in [5, 5.41) is 5.98. The van der Waals surface area contributed by atoms with E-state index in [9.17, 15) is 9.59 Å². The highest BCUT2D eigenvalue weighted by Crippen LogP contribution is 2.20. The largest absolute Gasteiger partial charge is 0.343 e. The van der Waals surface area contributed by atoms with E-state index in [0.717, 1.165) is 10.0 Å². The van der Waals surface area contributed by atoms with E-state index in [2.05, 4.69) is 26.6 Å². The third-order valence-corrected chi connectivity index (χ3v) is 3.93. The summed E-state index contributed by atoms with van der Waals surface area (Å²) in [4.78, 5) is 23.9. The van der Waals surface area contributed by atoms with Gasteiger partial charge in [0.05, 0.1) is 6.54 Å². The molecular weight excluding hydrogens is 403 g/mol. The molecule has 0 saturated heterocycles. The van der Waals surface area contributed by atoms with E-state index in [1.54, 1.807) is 6.07 Å². The zero-order valence-corrected chi connectivity index (χ0v) is 15.2. The molecule has 7 heteroatoms. The zero-order chi connectivity index (χ0) is 17.0. The number of hydrogen-bond donors (Lipinski definition) is 2. The van der Waals surface area contributed by atoms with E-state index in [1.807, 2.05) is 19.1 Å². The first kappa shape index (κ1) is 17.8. The van der Waals surface area contributed by atoms with Gasteiger partial charge in [0.2, 0.25) is 5.91 Å². The molecule has 0 fully saturated rings. The molecule has 2 N–H and O–H groups in total. The number of nitrogens with one attached hydrogen (secondary N) is 2.